The monoisotopic (exact) mass is 279 g/mol. The van der Waals surface area contributed by atoms with Gasteiger partial charge in [-0.15, -0.1) is 0 Å². The lowest BCUT2D eigenvalue weighted by Crippen LogP contribution is -1.96. The first kappa shape index (κ1) is 11.8. The predicted molar refractivity (Wildman–Crippen MR) is 77.4 cm³/mol. The van der Waals surface area contributed by atoms with E-state index in [9.17, 15) is 0 Å². The molecule has 0 aliphatic rings. The Hall–Kier alpha value is -2.96. The Morgan fingerprint density at radius 2 is 1.57 bits per heavy atom. The van der Waals surface area contributed by atoms with Crippen molar-refractivity contribution in [2.45, 2.75) is 0 Å². The number of nitrogens with zero attached hydrogens (tertiary/aromatic N) is 7. The van der Waals surface area contributed by atoms with Crippen molar-refractivity contribution in [1.29, 1.82) is 0 Å². The smallest absolute Gasteiger partial charge is 0.0999 e. The summed E-state index contributed by atoms with van der Waals surface area (Å²) < 4.78 is 5.35. The molecule has 0 fully saturated rings. The molecule has 0 atom stereocenters. The largest absolute Gasteiger partial charge is 0.275 e. The molecule has 0 aliphatic carbocycles. The topological polar surface area (TPSA) is 65.8 Å². The fourth-order valence-electron chi connectivity index (χ4n) is 2.38. The summed E-state index contributed by atoms with van der Waals surface area (Å²) in [6, 6.07) is 1.95. The molecular formula is C14H13N7. The summed E-state index contributed by atoms with van der Waals surface area (Å²) in [7, 11) is 3.78. The number of rotatable bonds is 2. The quantitative estimate of drug-likeness (QED) is 0.558. The minimum atomic E-state index is 0.832. The molecule has 0 aromatic carbocycles. The van der Waals surface area contributed by atoms with Crippen molar-refractivity contribution in [1.82, 2.24) is 34.2 Å². The van der Waals surface area contributed by atoms with Gasteiger partial charge >= 0.3 is 0 Å². The highest BCUT2D eigenvalue weighted by molar-refractivity contribution is 5.78. The van der Waals surface area contributed by atoms with E-state index in [1.807, 2.05) is 49.5 Å². The maximum Gasteiger partial charge on any atom is 0.0999 e. The van der Waals surface area contributed by atoms with E-state index in [-0.39, 0.29) is 0 Å². The first-order chi connectivity index (χ1) is 10.2. The lowest BCUT2D eigenvalue weighted by molar-refractivity contribution is 0.768. The van der Waals surface area contributed by atoms with Crippen LogP contribution in [0.3, 0.4) is 0 Å². The van der Waals surface area contributed by atoms with Crippen LogP contribution in [0, 0.1) is 0 Å². The summed E-state index contributed by atoms with van der Waals surface area (Å²) in [4.78, 5) is 4.77. The van der Waals surface area contributed by atoms with E-state index in [0.29, 0.717) is 0 Å². The van der Waals surface area contributed by atoms with E-state index in [2.05, 4.69) is 15.3 Å². The van der Waals surface area contributed by atoms with Crippen LogP contribution in [-0.4, -0.2) is 34.2 Å². The van der Waals surface area contributed by atoms with Gasteiger partial charge in [0.15, 0.2) is 0 Å². The zero-order valence-corrected chi connectivity index (χ0v) is 11.7. The molecule has 0 spiro atoms. The van der Waals surface area contributed by atoms with Crippen LogP contribution in [0.2, 0.25) is 0 Å². The van der Waals surface area contributed by atoms with E-state index >= 15 is 0 Å². The number of aromatic nitrogens is 7. The average molecular weight is 279 g/mol. The first-order valence-corrected chi connectivity index (χ1v) is 6.53. The van der Waals surface area contributed by atoms with Gasteiger partial charge in [0, 0.05) is 37.6 Å². The summed E-state index contributed by atoms with van der Waals surface area (Å²) in [5.41, 5.74) is 4.57. The fourth-order valence-corrected chi connectivity index (χ4v) is 2.38. The molecule has 0 aliphatic heterocycles. The van der Waals surface area contributed by atoms with E-state index < -0.39 is 0 Å². The molecule has 4 heterocycles. The van der Waals surface area contributed by atoms with Crippen molar-refractivity contribution in [2.24, 2.45) is 14.1 Å². The summed E-state index contributed by atoms with van der Waals surface area (Å²) in [6.45, 7) is 0. The Morgan fingerprint density at radius 3 is 2.24 bits per heavy atom. The van der Waals surface area contributed by atoms with E-state index in [1.165, 1.54) is 0 Å². The molecule has 7 heteroatoms. The van der Waals surface area contributed by atoms with Gasteiger partial charge in [-0.25, -0.2) is 9.50 Å². The second kappa shape index (κ2) is 4.27. The second-order valence-corrected chi connectivity index (χ2v) is 4.94. The number of hydrogen-bond acceptors (Lipinski definition) is 4. The van der Waals surface area contributed by atoms with Crippen molar-refractivity contribution in [3.63, 3.8) is 0 Å². The molecule has 0 radical (unpaired) electrons. The van der Waals surface area contributed by atoms with Crippen LogP contribution in [0.5, 0.6) is 0 Å². The van der Waals surface area contributed by atoms with Crippen molar-refractivity contribution in [2.75, 3.05) is 0 Å². The Morgan fingerprint density at radius 1 is 0.857 bits per heavy atom. The first-order valence-electron chi connectivity index (χ1n) is 6.53. The molecule has 21 heavy (non-hydrogen) atoms. The molecule has 0 saturated heterocycles. The van der Waals surface area contributed by atoms with Gasteiger partial charge in [0.1, 0.15) is 0 Å². The maximum atomic E-state index is 4.77. The molecular weight excluding hydrogens is 266 g/mol. The Balaban J connectivity index is 1.98. The third-order valence-corrected chi connectivity index (χ3v) is 3.37. The SMILES string of the molecule is Cn1cc(-c2cn3nccc3c(-c3cnn(C)c3)n2)cn1. The highest BCUT2D eigenvalue weighted by atomic mass is 15.3. The predicted octanol–water partition coefficient (Wildman–Crippen LogP) is 1.53. The zero-order valence-electron chi connectivity index (χ0n) is 11.7. The van der Waals surface area contributed by atoms with Crippen molar-refractivity contribution in [3.05, 3.63) is 43.2 Å². The highest BCUT2D eigenvalue weighted by Crippen LogP contribution is 2.26. The van der Waals surface area contributed by atoms with Gasteiger partial charge < -0.3 is 0 Å². The summed E-state index contributed by atoms with van der Waals surface area (Å²) in [6.07, 6.45) is 11.2. The average Bonchev–Trinajstić information content (AvgIpc) is 3.17. The lowest BCUT2D eigenvalue weighted by atomic mass is 10.2. The van der Waals surface area contributed by atoms with Crippen molar-refractivity contribution >= 4 is 5.52 Å². The molecule has 104 valence electrons. The fraction of sp³-hybridized carbons (Fsp3) is 0.143. The van der Waals surface area contributed by atoms with Crippen LogP contribution in [0.4, 0.5) is 0 Å². The molecule has 4 aromatic heterocycles. The van der Waals surface area contributed by atoms with Gasteiger partial charge in [-0.1, -0.05) is 0 Å². The third-order valence-electron chi connectivity index (χ3n) is 3.37. The van der Waals surface area contributed by atoms with Crippen LogP contribution < -0.4 is 0 Å². The number of hydrogen-bond donors (Lipinski definition) is 0. The number of aryl methyl sites for hydroxylation is 2. The molecule has 0 bridgehead atoms. The number of fused-ring (bicyclic) bond motifs is 1. The maximum absolute atomic E-state index is 4.77. The van der Waals surface area contributed by atoms with Gasteiger partial charge in [-0.05, 0) is 6.07 Å². The Labute approximate surface area is 120 Å². The normalized spacial score (nSPS) is 11.3. The second-order valence-electron chi connectivity index (χ2n) is 4.94. The molecule has 0 saturated carbocycles. The van der Waals surface area contributed by atoms with Crippen LogP contribution in [-0.2, 0) is 14.1 Å². The van der Waals surface area contributed by atoms with Gasteiger partial charge in [0.25, 0.3) is 0 Å². The van der Waals surface area contributed by atoms with Gasteiger partial charge in [-0.2, -0.15) is 15.3 Å². The van der Waals surface area contributed by atoms with Crippen LogP contribution in [0.25, 0.3) is 28.0 Å². The molecule has 0 N–H and O–H groups in total. The Kier molecular flexibility index (Phi) is 2.41. The highest BCUT2D eigenvalue weighted by Gasteiger charge is 2.12. The van der Waals surface area contributed by atoms with Crippen LogP contribution in [0.15, 0.2) is 43.2 Å². The van der Waals surface area contributed by atoms with Gasteiger partial charge in [0.05, 0.1) is 41.7 Å². The minimum absolute atomic E-state index is 0.832. The van der Waals surface area contributed by atoms with Crippen LogP contribution >= 0.6 is 0 Å². The zero-order chi connectivity index (χ0) is 14.4. The molecule has 7 nitrogen and oxygen atoms in total. The van der Waals surface area contributed by atoms with Crippen LogP contribution in [0.1, 0.15) is 0 Å². The molecule has 4 aromatic rings. The van der Waals surface area contributed by atoms with Crippen molar-refractivity contribution < 1.29 is 0 Å². The van der Waals surface area contributed by atoms with Crippen molar-refractivity contribution in [3.8, 4) is 22.5 Å². The molecule has 0 unspecified atom stereocenters. The minimum Gasteiger partial charge on any atom is -0.275 e. The summed E-state index contributed by atoms with van der Waals surface area (Å²) in [5, 5.41) is 12.7. The summed E-state index contributed by atoms with van der Waals surface area (Å²) in [5.74, 6) is 0. The molecule has 4 rings (SSSR count). The van der Waals surface area contributed by atoms with Gasteiger partial charge in [-0.3, -0.25) is 9.36 Å². The Bertz CT molecular complexity index is 928. The molecule has 0 amide bonds. The van der Waals surface area contributed by atoms with Gasteiger partial charge in [0.2, 0.25) is 0 Å². The lowest BCUT2D eigenvalue weighted by Gasteiger charge is -2.04. The summed E-state index contributed by atoms with van der Waals surface area (Å²) >= 11 is 0. The van der Waals surface area contributed by atoms with E-state index in [0.717, 1.165) is 28.0 Å². The standard InChI is InChI=1S/C14H13N7/c1-19-7-10(5-16-19)12-9-21-13(3-4-15-21)14(18-12)11-6-17-20(2)8-11/h3-9H,1-2H3. The third kappa shape index (κ3) is 1.90. The van der Waals surface area contributed by atoms with E-state index in [1.54, 1.807) is 21.8 Å². The van der Waals surface area contributed by atoms with E-state index in [4.69, 9.17) is 4.98 Å².